The van der Waals surface area contributed by atoms with Gasteiger partial charge in [-0.3, -0.25) is 4.99 Å². The summed E-state index contributed by atoms with van der Waals surface area (Å²) in [6, 6.07) is 7.51. The number of aliphatic imine (C=N–C) groups is 1. The van der Waals surface area contributed by atoms with Gasteiger partial charge in [0.1, 0.15) is 5.75 Å². The van der Waals surface area contributed by atoms with Crippen molar-refractivity contribution >= 4 is 35.6 Å². The van der Waals surface area contributed by atoms with Crippen LogP contribution in [-0.2, 0) is 6.42 Å². The van der Waals surface area contributed by atoms with Crippen LogP contribution in [0, 0.1) is 0 Å². The Morgan fingerprint density at radius 3 is 2.88 bits per heavy atom. The zero-order valence-corrected chi connectivity index (χ0v) is 16.5. The number of hydrogen-bond donors (Lipinski definition) is 2. The number of nitrogens with one attached hydrogen (secondary N) is 1. The van der Waals surface area contributed by atoms with Crippen LogP contribution >= 0.6 is 24.0 Å². The van der Waals surface area contributed by atoms with E-state index in [1.165, 1.54) is 0 Å². The first-order valence-corrected chi connectivity index (χ1v) is 7.62. The Labute approximate surface area is 159 Å². The zero-order valence-electron chi connectivity index (χ0n) is 14.2. The van der Waals surface area contributed by atoms with Crippen LogP contribution < -0.4 is 15.8 Å². The first-order chi connectivity index (χ1) is 11.1. The van der Waals surface area contributed by atoms with Crippen molar-refractivity contribution in [1.29, 1.82) is 0 Å². The Morgan fingerprint density at radius 1 is 1.42 bits per heavy atom. The van der Waals surface area contributed by atoms with E-state index in [0.29, 0.717) is 24.8 Å². The highest BCUT2D eigenvalue weighted by Gasteiger charge is 2.08. The molecule has 1 aromatic heterocycles. The number of aryl methyl sites for hydroxylation is 1. The molecular formula is C16H24IN5O2. The van der Waals surface area contributed by atoms with Gasteiger partial charge in [0.15, 0.2) is 11.8 Å². The summed E-state index contributed by atoms with van der Waals surface area (Å²) in [5.41, 5.74) is 6.70. The summed E-state index contributed by atoms with van der Waals surface area (Å²) in [5.74, 6) is 2.78. The Bertz CT molecular complexity index is 657. The molecule has 0 spiro atoms. The number of nitrogens with zero attached hydrogens (tertiary/aromatic N) is 3. The van der Waals surface area contributed by atoms with E-state index in [2.05, 4.69) is 20.4 Å². The SMILES string of the molecule is COc1cccc(NC(N)=NCCCc2nc(C(C)C)no2)c1.I. The van der Waals surface area contributed by atoms with Crippen LogP contribution in [0.1, 0.15) is 37.9 Å². The summed E-state index contributed by atoms with van der Waals surface area (Å²) in [6.45, 7) is 4.65. The number of ether oxygens (including phenoxy) is 1. The number of anilines is 1. The van der Waals surface area contributed by atoms with E-state index in [-0.39, 0.29) is 29.9 Å². The Hall–Kier alpha value is -1.84. The molecule has 8 heteroatoms. The normalized spacial score (nSPS) is 11.2. The van der Waals surface area contributed by atoms with E-state index in [4.69, 9.17) is 15.0 Å². The molecule has 0 fully saturated rings. The number of nitrogens with two attached hydrogens (primary N) is 1. The minimum absolute atomic E-state index is 0. The van der Waals surface area contributed by atoms with E-state index in [9.17, 15) is 0 Å². The molecule has 0 aliphatic carbocycles. The first-order valence-electron chi connectivity index (χ1n) is 7.62. The van der Waals surface area contributed by atoms with Gasteiger partial charge in [-0.2, -0.15) is 4.98 Å². The lowest BCUT2D eigenvalue weighted by atomic mass is 10.2. The average molecular weight is 445 g/mol. The van der Waals surface area contributed by atoms with Gasteiger partial charge in [0.2, 0.25) is 5.89 Å². The molecule has 2 aromatic rings. The molecule has 0 aliphatic rings. The number of hydrogen-bond acceptors (Lipinski definition) is 5. The van der Waals surface area contributed by atoms with Gasteiger partial charge in [-0.15, -0.1) is 24.0 Å². The Morgan fingerprint density at radius 2 is 2.21 bits per heavy atom. The maximum Gasteiger partial charge on any atom is 0.226 e. The van der Waals surface area contributed by atoms with Crippen LogP contribution in [0.15, 0.2) is 33.8 Å². The molecule has 0 saturated carbocycles. The molecule has 0 unspecified atom stereocenters. The number of guanidine groups is 1. The molecule has 7 nitrogen and oxygen atoms in total. The lowest BCUT2D eigenvalue weighted by Gasteiger charge is -2.07. The van der Waals surface area contributed by atoms with Crippen LogP contribution in [0.3, 0.4) is 0 Å². The summed E-state index contributed by atoms with van der Waals surface area (Å²) in [4.78, 5) is 8.61. The van der Waals surface area contributed by atoms with Gasteiger partial charge in [-0.25, -0.2) is 0 Å². The fourth-order valence-corrected chi connectivity index (χ4v) is 1.92. The first kappa shape index (κ1) is 20.2. The number of aromatic nitrogens is 2. The molecule has 3 N–H and O–H groups in total. The Kier molecular flexibility index (Phi) is 8.51. The predicted molar refractivity (Wildman–Crippen MR) is 105 cm³/mol. The standard InChI is InChI=1S/C16H23N5O2.HI/c1-11(2)15-20-14(23-21-15)8-5-9-18-16(17)19-12-6-4-7-13(10-12)22-3;/h4,6-7,10-11H,5,8-9H2,1-3H3,(H3,17,18,19);1H. The summed E-state index contributed by atoms with van der Waals surface area (Å²) in [5, 5.41) is 6.96. The van der Waals surface area contributed by atoms with Crippen molar-refractivity contribution in [3.63, 3.8) is 0 Å². The minimum atomic E-state index is 0. The molecule has 1 heterocycles. The second-order valence-electron chi connectivity index (χ2n) is 5.43. The van der Waals surface area contributed by atoms with E-state index >= 15 is 0 Å². The van der Waals surface area contributed by atoms with Crippen molar-refractivity contribution in [2.45, 2.75) is 32.6 Å². The predicted octanol–water partition coefficient (Wildman–Crippen LogP) is 3.18. The van der Waals surface area contributed by atoms with Crippen LogP contribution in [0.5, 0.6) is 5.75 Å². The van der Waals surface area contributed by atoms with Gasteiger partial charge in [-0.05, 0) is 18.6 Å². The van der Waals surface area contributed by atoms with E-state index in [1.807, 2.05) is 38.1 Å². The minimum Gasteiger partial charge on any atom is -0.497 e. The second-order valence-corrected chi connectivity index (χ2v) is 5.43. The molecular weight excluding hydrogens is 421 g/mol. The van der Waals surface area contributed by atoms with Crippen molar-refractivity contribution in [3.8, 4) is 5.75 Å². The number of halogens is 1. The third-order valence-electron chi connectivity index (χ3n) is 3.17. The molecule has 0 radical (unpaired) electrons. The van der Waals surface area contributed by atoms with E-state index in [1.54, 1.807) is 7.11 Å². The van der Waals surface area contributed by atoms with E-state index < -0.39 is 0 Å². The molecule has 24 heavy (non-hydrogen) atoms. The van der Waals surface area contributed by atoms with E-state index in [0.717, 1.165) is 23.7 Å². The molecule has 1 aromatic carbocycles. The van der Waals surface area contributed by atoms with Crippen LogP contribution in [0.2, 0.25) is 0 Å². The van der Waals surface area contributed by atoms with Crippen LogP contribution in [-0.4, -0.2) is 29.8 Å². The van der Waals surface area contributed by atoms with Gasteiger partial charge in [0.25, 0.3) is 0 Å². The van der Waals surface area contributed by atoms with Gasteiger partial charge in [0, 0.05) is 30.6 Å². The van der Waals surface area contributed by atoms with Crippen LogP contribution in [0.4, 0.5) is 5.69 Å². The number of methoxy groups -OCH3 is 1. The monoisotopic (exact) mass is 445 g/mol. The summed E-state index contributed by atoms with van der Waals surface area (Å²) in [6.07, 6.45) is 1.48. The fourth-order valence-electron chi connectivity index (χ4n) is 1.92. The van der Waals surface area contributed by atoms with Gasteiger partial charge >= 0.3 is 0 Å². The third-order valence-corrected chi connectivity index (χ3v) is 3.17. The number of rotatable bonds is 7. The van der Waals surface area contributed by atoms with Gasteiger partial charge in [0.05, 0.1) is 7.11 Å². The lowest BCUT2D eigenvalue weighted by molar-refractivity contribution is 0.369. The van der Waals surface area contributed by atoms with Crippen molar-refractivity contribution in [3.05, 3.63) is 36.0 Å². The summed E-state index contributed by atoms with van der Waals surface area (Å²) >= 11 is 0. The van der Waals surface area contributed by atoms with Crippen LogP contribution in [0.25, 0.3) is 0 Å². The fraction of sp³-hybridized carbons (Fsp3) is 0.438. The van der Waals surface area contributed by atoms with Gasteiger partial charge < -0.3 is 20.3 Å². The summed E-state index contributed by atoms with van der Waals surface area (Å²) < 4.78 is 10.3. The molecule has 132 valence electrons. The molecule has 0 amide bonds. The van der Waals surface area contributed by atoms with Crippen molar-refractivity contribution in [2.24, 2.45) is 10.7 Å². The highest BCUT2D eigenvalue weighted by Crippen LogP contribution is 2.16. The van der Waals surface area contributed by atoms with Crippen molar-refractivity contribution in [1.82, 2.24) is 10.1 Å². The lowest BCUT2D eigenvalue weighted by Crippen LogP contribution is -2.22. The molecule has 0 bridgehead atoms. The maximum absolute atomic E-state index is 5.87. The van der Waals surface area contributed by atoms with Crippen molar-refractivity contribution < 1.29 is 9.26 Å². The zero-order chi connectivity index (χ0) is 16.7. The molecule has 0 saturated heterocycles. The Balaban J connectivity index is 0.00000288. The maximum atomic E-state index is 5.87. The quantitative estimate of drug-likeness (QED) is 0.294. The summed E-state index contributed by atoms with van der Waals surface area (Å²) in [7, 11) is 1.62. The largest absolute Gasteiger partial charge is 0.497 e. The van der Waals surface area contributed by atoms with Crippen molar-refractivity contribution in [2.75, 3.05) is 19.0 Å². The molecule has 0 aliphatic heterocycles. The van der Waals surface area contributed by atoms with Gasteiger partial charge in [-0.1, -0.05) is 25.1 Å². The molecule has 2 rings (SSSR count). The smallest absolute Gasteiger partial charge is 0.226 e. The highest BCUT2D eigenvalue weighted by molar-refractivity contribution is 14.0. The number of benzene rings is 1. The molecule has 0 atom stereocenters. The third kappa shape index (κ3) is 6.34. The average Bonchev–Trinajstić information content (AvgIpc) is 3.01. The highest BCUT2D eigenvalue weighted by atomic mass is 127. The second kappa shape index (κ2) is 10.1. The topological polar surface area (TPSA) is 98.6 Å².